The van der Waals surface area contributed by atoms with E-state index in [2.05, 4.69) is 20.9 Å². The number of halogens is 2. The molecule has 1 aromatic carbocycles. The molecule has 2 rings (SSSR count). The van der Waals surface area contributed by atoms with Gasteiger partial charge in [-0.3, -0.25) is 4.98 Å². The molecule has 6 heteroatoms. The Morgan fingerprint density at radius 3 is 2.78 bits per heavy atom. The minimum absolute atomic E-state index is 0.0445. The van der Waals surface area contributed by atoms with Crippen molar-refractivity contribution in [3.8, 4) is 11.5 Å². The Balaban J connectivity index is 2.42. The van der Waals surface area contributed by atoms with Crippen molar-refractivity contribution < 1.29 is 14.6 Å². The first-order valence-corrected chi connectivity index (χ1v) is 6.05. The van der Waals surface area contributed by atoms with Gasteiger partial charge < -0.3 is 9.84 Å². The molecule has 0 amide bonds. The summed E-state index contributed by atoms with van der Waals surface area (Å²) in [6.07, 6.45) is 3.10. The van der Waals surface area contributed by atoms with Crippen LogP contribution < -0.4 is 4.74 Å². The zero-order chi connectivity index (χ0) is 13.1. The Morgan fingerprint density at radius 1 is 1.33 bits per heavy atom. The quantitative estimate of drug-likeness (QED) is 0.925. The third-order valence-corrected chi connectivity index (χ3v) is 2.96. The Bertz CT molecular complexity index is 604. The van der Waals surface area contributed by atoms with Gasteiger partial charge in [0, 0.05) is 29.5 Å². The summed E-state index contributed by atoms with van der Waals surface area (Å²) in [5.41, 5.74) is 0.0445. The van der Waals surface area contributed by atoms with Gasteiger partial charge in [0.05, 0.1) is 4.47 Å². The van der Waals surface area contributed by atoms with E-state index in [0.29, 0.717) is 15.2 Å². The smallest absolute Gasteiger partial charge is 0.339 e. The number of carbonyl (C=O) groups is 1. The Kier molecular flexibility index (Phi) is 3.84. The van der Waals surface area contributed by atoms with Gasteiger partial charge in [-0.25, -0.2) is 4.79 Å². The highest BCUT2D eigenvalue weighted by Crippen LogP contribution is 2.32. The zero-order valence-corrected chi connectivity index (χ0v) is 11.3. The lowest BCUT2D eigenvalue weighted by Gasteiger charge is -2.10. The highest BCUT2D eigenvalue weighted by atomic mass is 79.9. The summed E-state index contributed by atoms with van der Waals surface area (Å²) in [6, 6.07) is 5.98. The van der Waals surface area contributed by atoms with E-state index in [9.17, 15) is 4.79 Å². The van der Waals surface area contributed by atoms with Gasteiger partial charge >= 0.3 is 5.97 Å². The molecule has 0 bridgehead atoms. The van der Waals surface area contributed by atoms with Gasteiger partial charge in [0.2, 0.25) is 0 Å². The van der Waals surface area contributed by atoms with Gasteiger partial charge in [0.1, 0.15) is 17.1 Å². The predicted molar refractivity (Wildman–Crippen MR) is 70.4 cm³/mol. The van der Waals surface area contributed by atoms with Gasteiger partial charge in [-0.05, 0) is 28.1 Å². The summed E-state index contributed by atoms with van der Waals surface area (Å²) in [6.45, 7) is 0. The van der Waals surface area contributed by atoms with E-state index in [4.69, 9.17) is 21.4 Å². The average Bonchev–Trinajstić information content (AvgIpc) is 2.32. The van der Waals surface area contributed by atoms with Gasteiger partial charge in [-0.2, -0.15) is 0 Å². The largest absolute Gasteiger partial charge is 0.478 e. The molecule has 0 aliphatic rings. The number of ether oxygens (including phenoxy) is 1. The van der Waals surface area contributed by atoms with Crippen LogP contribution in [0.2, 0.25) is 5.02 Å². The number of rotatable bonds is 3. The van der Waals surface area contributed by atoms with Crippen molar-refractivity contribution >= 4 is 33.5 Å². The predicted octanol–water partition coefficient (Wildman–Crippen LogP) is 3.99. The number of aromatic nitrogens is 1. The lowest BCUT2D eigenvalue weighted by atomic mass is 10.2. The van der Waals surface area contributed by atoms with Crippen LogP contribution in [0.5, 0.6) is 11.5 Å². The van der Waals surface area contributed by atoms with Crippen molar-refractivity contribution in [1.29, 1.82) is 0 Å². The first-order valence-electron chi connectivity index (χ1n) is 4.88. The number of aromatic carboxylic acids is 1. The molecule has 92 valence electrons. The van der Waals surface area contributed by atoms with Gasteiger partial charge in [0.15, 0.2) is 0 Å². The van der Waals surface area contributed by atoms with Crippen molar-refractivity contribution in [2.75, 3.05) is 0 Å². The molecular formula is C12H7BrClNO3. The average molecular weight is 329 g/mol. The molecule has 0 radical (unpaired) electrons. The van der Waals surface area contributed by atoms with E-state index in [-0.39, 0.29) is 11.3 Å². The number of pyridine rings is 1. The first kappa shape index (κ1) is 12.9. The second kappa shape index (κ2) is 5.37. The number of hydrogen-bond acceptors (Lipinski definition) is 3. The molecule has 0 unspecified atom stereocenters. The number of carboxylic acid groups (broad SMARTS) is 1. The monoisotopic (exact) mass is 327 g/mol. The van der Waals surface area contributed by atoms with Crippen molar-refractivity contribution in [1.82, 2.24) is 4.98 Å². The van der Waals surface area contributed by atoms with E-state index < -0.39 is 5.97 Å². The van der Waals surface area contributed by atoms with Crippen LogP contribution in [0.25, 0.3) is 0 Å². The molecule has 0 fully saturated rings. The number of carboxylic acids is 1. The molecule has 1 heterocycles. The normalized spacial score (nSPS) is 10.1. The Morgan fingerprint density at radius 2 is 2.11 bits per heavy atom. The van der Waals surface area contributed by atoms with Crippen LogP contribution in [0, 0.1) is 0 Å². The molecular weight excluding hydrogens is 321 g/mol. The molecule has 1 N–H and O–H groups in total. The van der Waals surface area contributed by atoms with Gasteiger partial charge in [-0.15, -0.1) is 0 Å². The number of nitrogens with zero attached hydrogens (tertiary/aromatic N) is 1. The van der Waals surface area contributed by atoms with Crippen LogP contribution >= 0.6 is 27.5 Å². The molecule has 0 spiro atoms. The summed E-state index contributed by atoms with van der Waals surface area (Å²) in [7, 11) is 0. The summed E-state index contributed by atoms with van der Waals surface area (Å²) in [4.78, 5) is 15.0. The van der Waals surface area contributed by atoms with Crippen LogP contribution in [0.4, 0.5) is 0 Å². The minimum Gasteiger partial charge on any atom is -0.478 e. The molecule has 2 aromatic rings. The molecule has 4 nitrogen and oxygen atoms in total. The highest BCUT2D eigenvalue weighted by Gasteiger charge is 2.13. The lowest BCUT2D eigenvalue weighted by Crippen LogP contribution is -2.00. The molecule has 0 saturated carbocycles. The van der Waals surface area contributed by atoms with E-state index in [1.54, 1.807) is 18.5 Å². The van der Waals surface area contributed by atoms with Crippen molar-refractivity contribution in [3.63, 3.8) is 0 Å². The van der Waals surface area contributed by atoms with Crippen LogP contribution in [-0.2, 0) is 0 Å². The SMILES string of the molecule is O=C(O)c1ccc(Cl)cc1Oc1ccncc1Br. The zero-order valence-electron chi connectivity index (χ0n) is 8.93. The second-order valence-corrected chi connectivity index (χ2v) is 4.64. The van der Waals surface area contributed by atoms with Crippen molar-refractivity contribution in [3.05, 3.63) is 51.7 Å². The van der Waals surface area contributed by atoms with E-state index in [0.717, 1.165) is 0 Å². The maximum atomic E-state index is 11.1. The van der Waals surface area contributed by atoms with Crippen LogP contribution in [0.1, 0.15) is 10.4 Å². The Hall–Kier alpha value is -1.59. The first-order chi connectivity index (χ1) is 8.58. The standard InChI is InChI=1S/C12H7BrClNO3/c13-9-6-15-4-3-10(9)18-11-5-7(14)1-2-8(11)12(16)17/h1-6H,(H,16,17). The Labute approximate surface area is 116 Å². The fraction of sp³-hybridized carbons (Fsp3) is 0. The maximum absolute atomic E-state index is 11.1. The molecule has 1 aromatic heterocycles. The fourth-order valence-electron chi connectivity index (χ4n) is 1.32. The topological polar surface area (TPSA) is 59.4 Å². The maximum Gasteiger partial charge on any atom is 0.339 e. The molecule has 0 aliphatic carbocycles. The third kappa shape index (κ3) is 2.80. The molecule has 0 atom stereocenters. The van der Waals surface area contributed by atoms with Crippen molar-refractivity contribution in [2.24, 2.45) is 0 Å². The van der Waals surface area contributed by atoms with E-state index in [1.165, 1.54) is 18.2 Å². The van der Waals surface area contributed by atoms with E-state index in [1.807, 2.05) is 0 Å². The van der Waals surface area contributed by atoms with Gasteiger partial charge in [-0.1, -0.05) is 11.6 Å². The summed E-state index contributed by atoms with van der Waals surface area (Å²) < 4.78 is 6.16. The van der Waals surface area contributed by atoms with Crippen LogP contribution in [0.3, 0.4) is 0 Å². The summed E-state index contributed by atoms with van der Waals surface area (Å²) in [5.74, 6) is -0.427. The highest BCUT2D eigenvalue weighted by molar-refractivity contribution is 9.10. The third-order valence-electron chi connectivity index (χ3n) is 2.13. The van der Waals surface area contributed by atoms with Crippen LogP contribution in [0.15, 0.2) is 41.1 Å². The molecule has 18 heavy (non-hydrogen) atoms. The lowest BCUT2D eigenvalue weighted by molar-refractivity contribution is 0.0694. The minimum atomic E-state index is -1.08. The molecule has 0 saturated heterocycles. The summed E-state index contributed by atoms with van der Waals surface area (Å²) in [5, 5.41) is 9.46. The van der Waals surface area contributed by atoms with Crippen LogP contribution in [-0.4, -0.2) is 16.1 Å². The molecule has 0 aliphatic heterocycles. The number of hydrogen-bond donors (Lipinski definition) is 1. The van der Waals surface area contributed by atoms with E-state index >= 15 is 0 Å². The second-order valence-electron chi connectivity index (χ2n) is 3.35. The number of benzene rings is 1. The fourth-order valence-corrected chi connectivity index (χ4v) is 1.81. The summed E-state index contributed by atoms with van der Waals surface area (Å²) >= 11 is 9.10. The van der Waals surface area contributed by atoms with Gasteiger partial charge in [0.25, 0.3) is 0 Å². The van der Waals surface area contributed by atoms with Crippen molar-refractivity contribution in [2.45, 2.75) is 0 Å².